The molecule has 2 aliphatic rings. The number of imidazole rings is 1. The lowest BCUT2D eigenvalue weighted by atomic mass is 10.4. The minimum Gasteiger partial charge on any atom is -0.337 e. The highest BCUT2D eigenvalue weighted by molar-refractivity contribution is 7.90. The smallest absolute Gasteiger partial charge is 0.216 e. The van der Waals surface area contributed by atoms with Gasteiger partial charge in [0.1, 0.15) is 0 Å². The van der Waals surface area contributed by atoms with Crippen LogP contribution in [0.2, 0.25) is 0 Å². The molecule has 2 fully saturated rings. The van der Waals surface area contributed by atoms with Crippen molar-refractivity contribution in [3.63, 3.8) is 0 Å². The molecule has 0 radical (unpaired) electrons. The van der Waals surface area contributed by atoms with Crippen LogP contribution in [-0.4, -0.2) is 53.8 Å². The predicted octanol–water partition coefficient (Wildman–Crippen LogP) is 0.429. The molecule has 1 unspecified atom stereocenters. The van der Waals surface area contributed by atoms with Crippen molar-refractivity contribution in [2.75, 3.05) is 19.6 Å². The molecule has 0 bridgehead atoms. The molecule has 7 heteroatoms. The highest BCUT2D eigenvalue weighted by Crippen LogP contribution is 2.23. The molecule has 6 nitrogen and oxygen atoms in total. The Kier molecular flexibility index (Phi) is 4.09. The van der Waals surface area contributed by atoms with Gasteiger partial charge in [-0.25, -0.2) is 18.1 Å². The summed E-state index contributed by atoms with van der Waals surface area (Å²) in [4.78, 5) is 6.27. The van der Waals surface area contributed by atoms with Gasteiger partial charge in [0.25, 0.3) is 0 Å². The molecule has 3 rings (SSSR count). The Morgan fingerprint density at radius 2 is 2.10 bits per heavy atom. The fraction of sp³-hybridized carbons (Fsp3) is 0.769. The van der Waals surface area contributed by atoms with Crippen LogP contribution in [0.1, 0.15) is 25.7 Å². The van der Waals surface area contributed by atoms with Crippen molar-refractivity contribution >= 4 is 10.0 Å². The van der Waals surface area contributed by atoms with E-state index in [4.69, 9.17) is 0 Å². The Morgan fingerprint density at radius 3 is 2.80 bits per heavy atom. The minimum atomic E-state index is -3.10. The van der Waals surface area contributed by atoms with E-state index in [9.17, 15) is 8.42 Å². The summed E-state index contributed by atoms with van der Waals surface area (Å²) in [6.45, 7) is 3.45. The first-order valence-corrected chi connectivity index (χ1v) is 8.87. The first-order chi connectivity index (χ1) is 9.63. The van der Waals surface area contributed by atoms with Crippen molar-refractivity contribution in [1.29, 1.82) is 0 Å². The minimum absolute atomic E-state index is 0.218. The van der Waals surface area contributed by atoms with Gasteiger partial charge in [-0.2, -0.15) is 0 Å². The summed E-state index contributed by atoms with van der Waals surface area (Å²) in [6.07, 6.45) is 9.34. The van der Waals surface area contributed by atoms with Gasteiger partial charge in [-0.15, -0.1) is 0 Å². The summed E-state index contributed by atoms with van der Waals surface area (Å²) < 4.78 is 29.1. The average molecular weight is 298 g/mol. The second-order valence-corrected chi connectivity index (χ2v) is 7.79. The largest absolute Gasteiger partial charge is 0.337 e. The van der Waals surface area contributed by atoms with Crippen molar-refractivity contribution in [1.82, 2.24) is 19.2 Å². The van der Waals surface area contributed by atoms with Crippen LogP contribution >= 0.6 is 0 Å². The number of hydrogen-bond acceptors (Lipinski definition) is 4. The molecule has 2 heterocycles. The van der Waals surface area contributed by atoms with Crippen molar-refractivity contribution in [3.05, 3.63) is 18.7 Å². The van der Waals surface area contributed by atoms with Gasteiger partial charge in [0.15, 0.2) is 0 Å². The summed E-state index contributed by atoms with van der Waals surface area (Å²) in [6, 6.07) is 0.218. The van der Waals surface area contributed by atoms with E-state index in [-0.39, 0.29) is 11.3 Å². The van der Waals surface area contributed by atoms with E-state index in [0.717, 1.165) is 45.3 Å². The molecule has 1 saturated heterocycles. The zero-order valence-electron chi connectivity index (χ0n) is 11.6. The van der Waals surface area contributed by atoms with E-state index < -0.39 is 10.0 Å². The fourth-order valence-electron chi connectivity index (χ4n) is 2.68. The number of hydrogen-bond donors (Lipinski definition) is 1. The molecule has 1 aromatic heterocycles. The second kappa shape index (κ2) is 5.83. The molecule has 1 aliphatic heterocycles. The van der Waals surface area contributed by atoms with E-state index in [1.54, 1.807) is 6.20 Å². The number of aromatic nitrogens is 2. The second-order valence-electron chi connectivity index (χ2n) is 5.80. The van der Waals surface area contributed by atoms with Crippen molar-refractivity contribution in [2.45, 2.75) is 43.5 Å². The van der Waals surface area contributed by atoms with Gasteiger partial charge in [0.05, 0.1) is 11.6 Å². The van der Waals surface area contributed by atoms with E-state index in [1.807, 2.05) is 12.5 Å². The number of aryl methyl sites for hydroxylation is 1. The zero-order chi connectivity index (χ0) is 14.0. The third kappa shape index (κ3) is 3.59. The van der Waals surface area contributed by atoms with Crippen LogP contribution < -0.4 is 4.72 Å². The van der Waals surface area contributed by atoms with E-state index >= 15 is 0 Å². The Hall–Kier alpha value is -0.920. The summed E-state index contributed by atoms with van der Waals surface area (Å²) in [5.74, 6) is 0. The Bertz CT molecular complexity index is 525. The summed E-state index contributed by atoms with van der Waals surface area (Å²) >= 11 is 0. The maximum atomic E-state index is 12.1. The van der Waals surface area contributed by atoms with Gasteiger partial charge in [-0.05, 0) is 38.8 Å². The number of likely N-dealkylation sites (tertiary alicyclic amines) is 1. The summed E-state index contributed by atoms with van der Waals surface area (Å²) in [5, 5.41) is -0.226. The van der Waals surface area contributed by atoms with Crippen LogP contribution in [-0.2, 0) is 16.6 Å². The number of nitrogens with zero attached hydrogens (tertiary/aromatic N) is 3. The molecule has 1 saturated carbocycles. The topological polar surface area (TPSA) is 67.2 Å². The van der Waals surface area contributed by atoms with E-state index in [1.165, 1.54) is 0 Å². The molecule has 1 atom stereocenters. The standard InChI is InChI=1S/C13H22N4O2S/c18-20(19,15-12-2-3-12)13-4-8-16(10-13)6-1-7-17-9-5-14-11-17/h5,9,11-13,15H,1-4,6-8,10H2. The van der Waals surface area contributed by atoms with Crippen LogP contribution in [0, 0.1) is 0 Å². The van der Waals surface area contributed by atoms with Gasteiger partial charge in [0.2, 0.25) is 10.0 Å². The summed E-state index contributed by atoms with van der Waals surface area (Å²) in [7, 11) is -3.10. The van der Waals surface area contributed by atoms with Gasteiger partial charge in [-0.3, -0.25) is 0 Å². The van der Waals surface area contributed by atoms with Crippen LogP contribution in [0.25, 0.3) is 0 Å². The third-order valence-corrected chi connectivity index (χ3v) is 5.95. The molecule has 112 valence electrons. The molecule has 0 amide bonds. The van der Waals surface area contributed by atoms with Gasteiger partial charge in [-0.1, -0.05) is 0 Å². The molecule has 0 spiro atoms. The Labute approximate surface area is 120 Å². The fourth-order valence-corrected chi connectivity index (χ4v) is 4.39. The SMILES string of the molecule is O=S(=O)(NC1CC1)C1CCN(CCCn2ccnc2)C1. The Balaban J connectivity index is 1.42. The number of rotatable bonds is 7. The van der Waals surface area contributed by atoms with Crippen molar-refractivity contribution < 1.29 is 8.42 Å². The highest BCUT2D eigenvalue weighted by atomic mass is 32.2. The average Bonchev–Trinajstić information content (AvgIpc) is 2.93. The lowest BCUT2D eigenvalue weighted by Crippen LogP contribution is -2.37. The van der Waals surface area contributed by atoms with Crippen LogP contribution in [0.4, 0.5) is 0 Å². The normalized spacial score (nSPS) is 24.3. The molecule has 0 aromatic carbocycles. The lowest BCUT2D eigenvalue weighted by molar-refractivity contribution is 0.325. The molecule has 1 aromatic rings. The Morgan fingerprint density at radius 1 is 1.25 bits per heavy atom. The predicted molar refractivity (Wildman–Crippen MR) is 76.8 cm³/mol. The first kappa shape index (κ1) is 14.0. The van der Waals surface area contributed by atoms with Crippen LogP contribution in [0.5, 0.6) is 0 Å². The molecule has 1 aliphatic carbocycles. The third-order valence-electron chi connectivity index (χ3n) is 4.03. The maximum Gasteiger partial charge on any atom is 0.216 e. The van der Waals surface area contributed by atoms with Gasteiger partial charge in [0, 0.05) is 31.5 Å². The van der Waals surface area contributed by atoms with E-state index in [0.29, 0.717) is 6.54 Å². The quantitative estimate of drug-likeness (QED) is 0.793. The van der Waals surface area contributed by atoms with Crippen molar-refractivity contribution in [3.8, 4) is 0 Å². The van der Waals surface area contributed by atoms with Crippen molar-refractivity contribution in [2.24, 2.45) is 0 Å². The zero-order valence-corrected chi connectivity index (χ0v) is 12.4. The lowest BCUT2D eigenvalue weighted by Gasteiger charge is -2.16. The highest BCUT2D eigenvalue weighted by Gasteiger charge is 2.36. The molecular weight excluding hydrogens is 276 g/mol. The van der Waals surface area contributed by atoms with Crippen LogP contribution in [0.15, 0.2) is 18.7 Å². The number of sulfonamides is 1. The van der Waals surface area contributed by atoms with Gasteiger partial charge >= 0.3 is 0 Å². The number of nitrogens with one attached hydrogen (secondary N) is 1. The summed E-state index contributed by atoms with van der Waals surface area (Å²) in [5.41, 5.74) is 0. The monoisotopic (exact) mass is 298 g/mol. The maximum absolute atomic E-state index is 12.1. The molecular formula is C13H22N4O2S. The van der Waals surface area contributed by atoms with Crippen LogP contribution in [0.3, 0.4) is 0 Å². The molecule has 1 N–H and O–H groups in total. The first-order valence-electron chi connectivity index (χ1n) is 7.33. The van der Waals surface area contributed by atoms with Gasteiger partial charge < -0.3 is 9.47 Å². The molecule has 20 heavy (non-hydrogen) atoms. The van der Waals surface area contributed by atoms with E-state index in [2.05, 4.69) is 19.2 Å².